The van der Waals surface area contributed by atoms with E-state index in [4.69, 9.17) is 9.26 Å². The smallest absolute Gasteiger partial charge is 0.232 e. The Labute approximate surface area is 125 Å². The van der Waals surface area contributed by atoms with Crippen LogP contribution in [0.1, 0.15) is 51.4 Å². The Morgan fingerprint density at radius 2 is 2.20 bits per heavy atom. The zero-order valence-electron chi connectivity index (χ0n) is 13.0. The molecule has 1 fully saturated rings. The van der Waals surface area contributed by atoms with Gasteiger partial charge in [0.15, 0.2) is 0 Å². The van der Waals surface area contributed by atoms with E-state index in [1.807, 2.05) is 11.8 Å². The van der Waals surface area contributed by atoms with Crippen molar-refractivity contribution in [2.45, 2.75) is 45.8 Å². The standard InChI is InChI=1S/C14H25N3O2S/c1-6-15-10-8-20-7-9(10)13-16-12(17-19-13)11(18-5)14(2,3)4/h9-11,15H,6-8H2,1-5H3. The molecular formula is C14H25N3O2S. The van der Waals surface area contributed by atoms with E-state index in [9.17, 15) is 0 Å². The first-order valence-electron chi connectivity index (χ1n) is 7.14. The largest absolute Gasteiger partial charge is 0.373 e. The van der Waals surface area contributed by atoms with Gasteiger partial charge in [-0.15, -0.1) is 0 Å². The Morgan fingerprint density at radius 3 is 2.80 bits per heavy atom. The lowest BCUT2D eigenvalue weighted by Gasteiger charge is -2.26. The lowest BCUT2D eigenvalue weighted by atomic mass is 9.88. The summed E-state index contributed by atoms with van der Waals surface area (Å²) in [5, 5.41) is 7.64. The number of ether oxygens (including phenoxy) is 1. The molecule has 1 aromatic rings. The maximum absolute atomic E-state index is 5.55. The van der Waals surface area contributed by atoms with Crippen molar-refractivity contribution >= 4 is 11.8 Å². The lowest BCUT2D eigenvalue weighted by molar-refractivity contribution is 0.00718. The van der Waals surface area contributed by atoms with Crippen molar-refractivity contribution in [1.82, 2.24) is 15.5 Å². The molecule has 2 heterocycles. The maximum atomic E-state index is 5.55. The van der Waals surface area contributed by atoms with E-state index >= 15 is 0 Å². The molecule has 3 unspecified atom stereocenters. The number of nitrogens with one attached hydrogen (secondary N) is 1. The Balaban J connectivity index is 2.16. The summed E-state index contributed by atoms with van der Waals surface area (Å²) in [5.41, 5.74) is -0.0542. The van der Waals surface area contributed by atoms with Gasteiger partial charge >= 0.3 is 0 Å². The first-order valence-corrected chi connectivity index (χ1v) is 8.30. The van der Waals surface area contributed by atoms with Gasteiger partial charge in [-0.05, 0) is 12.0 Å². The minimum Gasteiger partial charge on any atom is -0.373 e. The zero-order chi connectivity index (χ0) is 14.8. The van der Waals surface area contributed by atoms with Gasteiger partial charge in [-0.1, -0.05) is 32.9 Å². The quantitative estimate of drug-likeness (QED) is 0.902. The van der Waals surface area contributed by atoms with Crippen molar-refractivity contribution in [2.75, 3.05) is 25.2 Å². The second kappa shape index (κ2) is 6.45. The number of nitrogens with zero attached hydrogens (tertiary/aromatic N) is 2. The van der Waals surface area contributed by atoms with Crippen LogP contribution in [0.15, 0.2) is 4.52 Å². The van der Waals surface area contributed by atoms with Gasteiger partial charge in [0.05, 0.1) is 5.92 Å². The molecule has 3 atom stereocenters. The Bertz CT molecular complexity index is 430. The molecule has 2 rings (SSSR count). The molecule has 114 valence electrons. The molecule has 0 spiro atoms. The van der Waals surface area contributed by atoms with Crippen LogP contribution in [0.2, 0.25) is 0 Å². The number of hydrogen-bond acceptors (Lipinski definition) is 6. The molecule has 0 bridgehead atoms. The summed E-state index contributed by atoms with van der Waals surface area (Å²) in [7, 11) is 1.69. The van der Waals surface area contributed by atoms with Gasteiger partial charge < -0.3 is 14.6 Å². The van der Waals surface area contributed by atoms with E-state index in [1.165, 1.54) is 0 Å². The van der Waals surface area contributed by atoms with Crippen molar-refractivity contribution in [1.29, 1.82) is 0 Å². The fourth-order valence-electron chi connectivity index (χ4n) is 2.61. The van der Waals surface area contributed by atoms with Crippen molar-refractivity contribution < 1.29 is 9.26 Å². The molecule has 20 heavy (non-hydrogen) atoms. The second-order valence-corrected chi connectivity index (χ2v) is 7.36. The molecular weight excluding hydrogens is 274 g/mol. The van der Waals surface area contributed by atoms with Crippen molar-refractivity contribution in [3.8, 4) is 0 Å². The predicted molar refractivity (Wildman–Crippen MR) is 81.0 cm³/mol. The van der Waals surface area contributed by atoms with E-state index in [2.05, 4.69) is 43.2 Å². The molecule has 1 aliphatic rings. The van der Waals surface area contributed by atoms with Gasteiger partial charge in [0.1, 0.15) is 6.10 Å². The molecule has 0 radical (unpaired) electrons. The second-order valence-electron chi connectivity index (χ2n) is 6.28. The third kappa shape index (κ3) is 3.35. The summed E-state index contributed by atoms with van der Waals surface area (Å²) in [6.45, 7) is 9.43. The van der Waals surface area contributed by atoms with Gasteiger partial charge in [0, 0.05) is 24.7 Å². The molecule has 0 amide bonds. The molecule has 1 N–H and O–H groups in total. The number of hydrogen-bond donors (Lipinski definition) is 1. The van der Waals surface area contributed by atoms with Crippen LogP contribution in [0, 0.1) is 5.41 Å². The van der Waals surface area contributed by atoms with Gasteiger partial charge in [-0.2, -0.15) is 16.7 Å². The third-order valence-electron chi connectivity index (χ3n) is 3.58. The molecule has 0 aliphatic carbocycles. The lowest BCUT2D eigenvalue weighted by Crippen LogP contribution is -2.34. The fourth-order valence-corrected chi connectivity index (χ4v) is 3.98. The molecule has 1 aromatic heterocycles. The SMILES string of the molecule is CCNC1CSCC1c1nc(C(OC)C(C)(C)C)no1. The number of thioether (sulfide) groups is 1. The van der Waals surface area contributed by atoms with Crippen LogP contribution in [0.3, 0.4) is 0 Å². The molecule has 6 heteroatoms. The highest BCUT2D eigenvalue weighted by Crippen LogP contribution is 2.36. The monoisotopic (exact) mass is 299 g/mol. The van der Waals surface area contributed by atoms with Crippen LogP contribution in [0.25, 0.3) is 0 Å². The average molecular weight is 299 g/mol. The normalized spacial score (nSPS) is 25.1. The van der Waals surface area contributed by atoms with Gasteiger partial charge in [0.2, 0.25) is 11.7 Å². The van der Waals surface area contributed by atoms with Gasteiger partial charge in [-0.25, -0.2) is 0 Å². The van der Waals surface area contributed by atoms with Gasteiger partial charge in [-0.3, -0.25) is 0 Å². The van der Waals surface area contributed by atoms with Crippen molar-refractivity contribution in [3.05, 3.63) is 11.7 Å². The summed E-state index contributed by atoms with van der Waals surface area (Å²) in [5.74, 6) is 3.83. The van der Waals surface area contributed by atoms with E-state index in [0.717, 1.165) is 23.9 Å². The predicted octanol–water partition coefficient (Wildman–Crippen LogP) is 2.61. The fraction of sp³-hybridized carbons (Fsp3) is 0.857. The number of aromatic nitrogens is 2. The highest BCUT2D eigenvalue weighted by molar-refractivity contribution is 7.99. The summed E-state index contributed by atoms with van der Waals surface area (Å²) in [6.07, 6.45) is -0.147. The Morgan fingerprint density at radius 1 is 1.45 bits per heavy atom. The molecule has 5 nitrogen and oxygen atoms in total. The number of rotatable bonds is 5. The molecule has 0 aromatic carbocycles. The number of methoxy groups -OCH3 is 1. The van der Waals surface area contributed by atoms with E-state index in [-0.39, 0.29) is 11.5 Å². The summed E-state index contributed by atoms with van der Waals surface area (Å²) in [6, 6.07) is 0.425. The first-order chi connectivity index (χ1) is 9.47. The van der Waals surface area contributed by atoms with E-state index < -0.39 is 0 Å². The maximum Gasteiger partial charge on any atom is 0.232 e. The Hall–Kier alpha value is -0.590. The zero-order valence-corrected chi connectivity index (χ0v) is 13.8. The Kier molecular flexibility index (Phi) is 5.09. The number of likely N-dealkylation sites (N-methyl/N-ethyl adjacent to an activating group) is 1. The first kappa shape index (κ1) is 15.8. The highest BCUT2D eigenvalue weighted by atomic mass is 32.2. The summed E-state index contributed by atoms with van der Waals surface area (Å²) in [4.78, 5) is 4.61. The highest BCUT2D eigenvalue weighted by Gasteiger charge is 2.35. The van der Waals surface area contributed by atoms with E-state index in [1.54, 1.807) is 7.11 Å². The summed E-state index contributed by atoms with van der Waals surface area (Å²) < 4.78 is 11.1. The van der Waals surface area contributed by atoms with Crippen molar-refractivity contribution in [3.63, 3.8) is 0 Å². The molecule has 1 aliphatic heterocycles. The topological polar surface area (TPSA) is 60.2 Å². The van der Waals surface area contributed by atoms with Gasteiger partial charge in [0.25, 0.3) is 0 Å². The van der Waals surface area contributed by atoms with Crippen LogP contribution in [-0.4, -0.2) is 41.3 Å². The van der Waals surface area contributed by atoms with Crippen LogP contribution in [-0.2, 0) is 4.74 Å². The summed E-state index contributed by atoms with van der Waals surface area (Å²) >= 11 is 1.93. The van der Waals surface area contributed by atoms with Crippen LogP contribution in [0.4, 0.5) is 0 Å². The van der Waals surface area contributed by atoms with Crippen molar-refractivity contribution in [2.24, 2.45) is 5.41 Å². The molecule has 0 saturated carbocycles. The third-order valence-corrected chi connectivity index (χ3v) is 4.77. The minimum absolute atomic E-state index is 0.0542. The average Bonchev–Trinajstić information content (AvgIpc) is 2.97. The van der Waals surface area contributed by atoms with Crippen LogP contribution in [0.5, 0.6) is 0 Å². The van der Waals surface area contributed by atoms with E-state index in [0.29, 0.717) is 17.8 Å². The van der Waals surface area contributed by atoms with Crippen LogP contribution < -0.4 is 5.32 Å². The van der Waals surface area contributed by atoms with Crippen LogP contribution >= 0.6 is 11.8 Å². The molecule has 1 saturated heterocycles. The minimum atomic E-state index is -0.147.